The fraction of sp³-hybridized carbons (Fsp3) is 0.571. The van der Waals surface area contributed by atoms with E-state index in [0.29, 0.717) is 6.04 Å². The Labute approximate surface area is 109 Å². The van der Waals surface area contributed by atoms with E-state index in [2.05, 4.69) is 47.8 Å². The fourth-order valence-corrected chi connectivity index (χ4v) is 2.83. The number of aryl methyl sites for hydroxylation is 1. The molecule has 0 saturated carbocycles. The summed E-state index contributed by atoms with van der Waals surface area (Å²) in [5.41, 5.74) is 2.79. The molecule has 3 heteroatoms. The Bertz CT molecular complexity index is 327. The van der Waals surface area contributed by atoms with Crippen LogP contribution in [0.15, 0.2) is 24.3 Å². The van der Waals surface area contributed by atoms with Gasteiger partial charge in [-0.1, -0.05) is 18.2 Å². The number of benzene rings is 1. The van der Waals surface area contributed by atoms with Crippen molar-refractivity contribution < 1.29 is 0 Å². The van der Waals surface area contributed by atoms with Crippen LogP contribution in [0.3, 0.4) is 0 Å². The van der Waals surface area contributed by atoms with Crippen molar-refractivity contribution in [3.63, 3.8) is 0 Å². The molecule has 2 rings (SSSR count). The van der Waals surface area contributed by atoms with Gasteiger partial charge >= 0.3 is 0 Å². The normalized spacial score (nSPS) is 19.6. The first-order valence-electron chi connectivity index (χ1n) is 6.32. The summed E-state index contributed by atoms with van der Waals surface area (Å²) in [4.78, 5) is 2.50. The minimum Gasteiger partial charge on any atom is -0.383 e. The lowest BCUT2D eigenvalue weighted by Crippen LogP contribution is -2.38. The summed E-state index contributed by atoms with van der Waals surface area (Å²) < 4.78 is 0. The van der Waals surface area contributed by atoms with Crippen molar-refractivity contribution in [3.05, 3.63) is 29.8 Å². The monoisotopic (exact) mass is 250 g/mol. The zero-order chi connectivity index (χ0) is 12.1. The maximum absolute atomic E-state index is 3.58. The van der Waals surface area contributed by atoms with Crippen LogP contribution in [0.2, 0.25) is 0 Å². The first-order valence-corrected chi connectivity index (χ1v) is 7.71. The first-order chi connectivity index (χ1) is 8.31. The number of fused-ring (bicyclic) bond motifs is 1. The predicted molar refractivity (Wildman–Crippen MR) is 78.1 cm³/mol. The quantitative estimate of drug-likeness (QED) is 0.884. The first kappa shape index (κ1) is 12.8. The molecule has 0 saturated heterocycles. The Kier molecular flexibility index (Phi) is 4.75. The van der Waals surface area contributed by atoms with E-state index in [1.807, 2.05) is 11.8 Å². The van der Waals surface area contributed by atoms with Crippen LogP contribution in [0.5, 0.6) is 0 Å². The maximum Gasteiger partial charge on any atom is 0.0373 e. The third-order valence-corrected chi connectivity index (χ3v) is 4.15. The van der Waals surface area contributed by atoms with E-state index < -0.39 is 0 Å². The summed E-state index contributed by atoms with van der Waals surface area (Å²) in [6, 6.07) is 9.35. The number of para-hydroxylation sites is 1. The zero-order valence-corrected chi connectivity index (χ0v) is 11.6. The number of nitrogens with zero attached hydrogens (tertiary/aromatic N) is 1. The van der Waals surface area contributed by atoms with Gasteiger partial charge in [-0.05, 0) is 37.8 Å². The van der Waals surface area contributed by atoms with Crippen molar-refractivity contribution in [2.24, 2.45) is 0 Å². The maximum atomic E-state index is 3.58. The molecule has 0 spiro atoms. The van der Waals surface area contributed by atoms with Crippen molar-refractivity contribution in [3.8, 4) is 0 Å². The van der Waals surface area contributed by atoms with Gasteiger partial charge in [0, 0.05) is 30.6 Å². The number of hydrogen-bond donors (Lipinski definition) is 1. The van der Waals surface area contributed by atoms with Crippen LogP contribution in [0.25, 0.3) is 0 Å². The van der Waals surface area contributed by atoms with Crippen molar-refractivity contribution in [2.45, 2.75) is 18.9 Å². The highest BCUT2D eigenvalue weighted by molar-refractivity contribution is 7.98. The molecule has 0 bridgehead atoms. The topological polar surface area (TPSA) is 15.3 Å². The van der Waals surface area contributed by atoms with Gasteiger partial charge in [0.25, 0.3) is 0 Å². The molecule has 0 fully saturated rings. The number of likely N-dealkylation sites (N-methyl/N-ethyl adjacent to an activating group) is 1. The van der Waals surface area contributed by atoms with Gasteiger partial charge in [0.1, 0.15) is 0 Å². The molecule has 1 aromatic rings. The van der Waals surface area contributed by atoms with Crippen LogP contribution in [-0.4, -0.2) is 43.1 Å². The molecular weight excluding hydrogens is 228 g/mol. The van der Waals surface area contributed by atoms with Crippen molar-refractivity contribution in [2.75, 3.05) is 37.5 Å². The number of hydrogen-bond acceptors (Lipinski definition) is 3. The molecule has 0 amide bonds. The SMILES string of the molecule is CSCCN(C)C1CCc2ccccc2NC1. The van der Waals surface area contributed by atoms with E-state index in [9.17, 15) is 0 Å². The molecule has 1 aromatic carbocycles. The van der Waals surface area contributed by atoms with Crippen LogP contribution in [0.1, 0.15) is 12.0 Å². The lowest BCUT2D eigenvalue weighted by Gasteiger charge is -2.26. The summed E-state index contributed by atoms with van der Waals surface area (Å²) in [5.74, 6) is 1.22. The van der Waals surface area contributed by atoms with Crippen LogP contribution in [-0.2, 0) is 6.42 Å². The highest BCUT2D eigenvalue weighted by Gasteiger charge is 2.18. The standard InChI is InChI=1S/C14H22N2S/c1-16(9-10-17-2)13-8-7-12-5-3-4-6-14(12)15-11-13/h3-6,13,15H,7-11H2,1-2H3. The Hall–Kier alpha value is -0.670. The zero-order valence-electron chi connectivity index (χ0n) is 10.8. The minimum absolute atomic E-state index is 0.662. The number of thioether (sulfide) groups is 1. The third-order valence-electron chi connectivity index (χ3n) is 3.56. The smallest absolute Gasteiger partial charge is 0.0373 e. The van der Waals surface area contributed by atoms with E-state index >= 15 is 0 Å². The van der Waals surface area contributed by atoms with Crippen molar-refractivity contribution >= 4 is 17.4 Å². The Morgan fingerprint density at radius 1 is 1.41 bits per heavy atom. The fourth-order valence-electron chi connectivity index (χ4n) is 2.36. The Balaban J connectivity index is 1.94. The van der Waals surface area contributed by atoms with Gasteiger partial charge in [0.05, 0.1) is 0 Å². The summed E-state index contributed by atoms with van der Waals surface area (Å²) in [7, 11) is 2.25. The molecule has 94 valence electrons. The second-order valence-electron chi connectivity index (χ2n) is 4.70. The van der Waals surface area contributed by atoms with Gasteiger partial charge in [-0.25, -0.2) is 0 Å². The van der Waals surface area contributed by atoms with Gasteiger partial charge in [-0.3, -0.25) is 0 Å². The van der Waals surface area contributed by atoms with E-state index in [1.165, 1.54) is 36.4 Å². The number of nitrogens with one attached hydrogen (secondary N) is 1. The minimum atomic E-state index is 0.662. The van der Waals surface area contributed by atoms with Gasteiger partial charge in [0.15, 0.2) is 0 Å². The lowest BCUT2D eigenvalue weighted by molar-refractivity contribution is 0.256. The van der Waals surface area contributed by atoms with Crippen LogP contribution in [0, 0.1) is 0 Å². The molecule has 0 aromatic heterocycles. The number of rotatable bonds is 4. The average molecular weight is 250 g/mol. The molecule has 1 atom stereocenters. The molecule has 1 aliphatic heterocycles. The molecule has 1 heterocycles. The lowest BCUT2D eigenvalue weighted by atomic mass is 10.1. The molecule has 2 nitrogen and oxygen atoms in total. The molecule has 1 N–H and O–H groups in total. The molecular formula is C14H22N2S. The van der Waals surface area contributed by atoms with Crippen LogP contribution in [0.4, 0.5) is 5.69 Å². The predicted octanol–water partition coefficient (Wildman–Crippen LogP) is 2.71. The summed E-state index contributed by atoms with van der Waals surface area (Å²) >= 11 is 1.92. The van der Waals surface area contributed by atoms with Gasteiger partial charge in [0.2, 0.25) is 0 Å². The Morgan fingerprint density at radius 3 is 3.06 bits per heavy atom. The van der Waals surface area contributed by atoms with E-state index in [0.717, 1.165) is 6.54 Å². The molecule has 0 aliphatic carbocycles. The van der Waals surface area contributed by atoms with E-state index in [-0.39, 0.29) is 0 Å². The van der Waals surface area contributed by atoms with Gasteiger partial charge in [-0.2, -0.15) is 11.8 Å². The largest absolute Gasteiger partial charge is 0.383 e. The molecule has 1 aliphatic rings. The van der Waals surface area contributed by atoms with Crippen molar-refractivity contribution in [1.82, 2.24) is 4.90 Å². The Morgan fingerprint density at radius 2 is 2.24 bits per heavy atom. The van der Waals surface area contributed by atoms with Crippen LogP contribution >= 0.6 is 11.8 Å². The van der Waals surface area contributed by atoms with Crippen LogP contribution < -0.4 is 5.32 Å². The average Bonchev–Trinajstić information content (AvgIpc) is 2.58. The summed E-state index contributed by atoms with van der Waals surface area (Å²) in [6.45, 7) is 2.26. The number of anilines is 1. The van der Waals surface area contributed by atoms with E-state index in [1.54, 1.807) is 0 Å². The second kappa shape index (κ2) is 6.31. The highest BCUT2D eigenvalue weighted by Crippen LogP contribution is 2.22. The molecule has 1 unspecified atom stereocenters. The summed E-state index contributed by atoms with van der Waals surface area (Å²) in [5, 5.41) is 3.58. The van der Waals surface area contributed by atoms with Crippen molar-refractivity contribution in [1.29, 1.82) is 0 Å². The van der Waals surface area contributed by atoms with Gasteiger partial charge < -0.3 is 10.2 Å². The second-order valence-corrected chi connectivity index (χ2v) is 5.69. The highest BCUT2D eigenvalue weighted by atomic mass is 32.2. The third kappa shape index (κ3) is 3.39. The summed E-state index contributed by atoms with van der Waals surface area (Å²) in [6.07, 6.45) is 4.63. The molecule has 0 radical (unpaired) electrons. The molecule has 17 heavy (non-hydrogen) atoms. The van der Waals surface area contributed by atoms with E-state index in [4.69, 9.17) is 0 Å². The van der Waals surface area contributed by atoms with Gasteiger partial charge in [-0.15, -0.1) is 0 Å².